The lowest BCUT2D eigenvalue weighted by Crippen LogP contribution is -2.51. The number of nitrogens with one attached hydrogen (secondary N) is 2. The van der Waals surface area contributed by atoms with Gasteiger partial charge in [-0.2, -0.15) is 4.98 Å². The normalized spacial score (nSPS) is 21.0. The number of nitrogen functional groups attached to an aromatic ring is 1. The standard InChI is InChI=1S/C18H28N8O6/c1-25(17(21)22)5-4-10(19)6-12(28)23-11-2-3-13(32-14(11)16(29)30)26-7-9(8-27)15(20)24-18(26)31/h2-3,7,10-11,13-14,27H,4-6,8,19H2,1H3,(H3,21,22)(H,23,28)(H,29,30)(H2,20,24,31)/t10-,11-,13?,14-/m0/s1. The maximum Gasteiger partial charge on any atom is 0.351 e. The summed E-state index contributed by atoms with van der Waals surface area (Å²) in [5.74, 6) is -2.10. The summed E-state index contributed by atoms with van der Waals surface area (Å²) in [5.41, 5.74) is 16.2. The van der Waals surface area contributed by atoms with Gasteiger partial charge in [0.1, 0.15) is 5.82 Å². The molecule has 14 heteroatoms. The van der Waals surface area contributed by atoms with E-state index in [1.165, 1.54) is 23.2 Å². The van der Waals surface area contributed by atoms with Crippen molar-refractivity contribution in [3.8, 4) is 0 Å². The summed E-state index contributed by atoms with van der Waals surface area (Å²) in [6, 6.07) is -1.53. The third kappa shape index (κ3) is 6.26. The number of carboxylic acid groups (broad SMARTS) is 1. The van der Waals surface area contributed by atoms with E-state index >= 15 is 0 Å². The van der Waals surface area contributed by atoms with Gasteiger partial charge in [-0.25, -0.2) is 9.59 Å². The Kier molecular flexibility index (Phi) is 8.28. The third-order valence-electron chi connectivity index (χ3n) is 4.87. The van der Waals surface area contributed by atoms with Crippen LogP contribution < -0.4 is 28.2 Å². The molecule has 1 aliphatic heterocycles. The minimum atomic E-state index is -1.49. The maximum atomic E-state index is 12.3. The fraction of sp³-hybridized carbons (Fsp3) is 0.500. The van der Waals surface area contributed by atoms with E-state index in [0.29, 0.717) is 13.0 Å². The highest BCUT2D eigenvalue weighted by Crippen LogP contribution is 2.21. The molecule has 176 valence electrons. The molecule has 1 aliphatic rings. The zero-order valence-electron chi connectivity index (χ0n) is 17.5. The van der Waals surface area contributed by atoms with Gasteiger partial charge < -0.3 is 42.4 Å². The summed E-state index contributed by atoms with van der Waals surface area (Å²) < 4.78 is 6.50. The SMILES string of the molecule is CN(CC[C@H](N)CC(=O)N[C@H]1C=CC(n2cc(CO)c(N)nc2=O)O[C@@H]1C(=O)O)C(=N)N. The van der Waals surface area contributed by atoms with E-state index < -0.39 is 48.6 Å². The number of hydrogen-bond donors (Lipinski definition) is 7. The largest absolute Gasteiger partial charge is 0.479 e. The fourth-order valence-electron chi connectivity index (χ4n) is 2.98. The van der Waals surface area contributed by atoms with Crippen LogP contribution in [0.3, 0.4) is 0 Å². The number of hydrogen-bond acceptors (Lipinski definition) is 9. The number of carboxylic acids is 1. The first-order valence-electron chi connectivity index (χ1n) is 9.68. The fourth-order valence-corrected chi connectivity index (χ4v) is 2.98. The molecule has 1 amide bonds. The van der Waals surface area contributed by atoms with E-state index in [0.717, 1.165) is 4.57 Å². The van der Waals surface area contributed by atoms with Gasteiger partial charge in [-0.1, -0.05) is 6.08 Å². The summed E-state index contributed by atoms with van der Waals surface area (Å²) in [4.78, 5) is 41.2. The van der Waals surface area contributed by atoms with Crippen LogP contribution >= 0.6 is 0 Å². The zero-order chi connectivity index (χ0) is 24.0. The molecule has 4 atom stereocenters. The number of anilines is 1. The molecule has 14 nitrogen and oxygen atoms in total. The Morgan fingerprint density at radius 2 is 2.12 bits per heavy atom. The summed E-state index contributed by atoms with van der Waals surface area (Å²) in [6.45, 7) is -0.0884. The van der Waals surface area contributed by atoms with E-state index in [4.69, 9.17) is 27.3 Å². The Morgan fingerprint density at radius 3 is 2.72 bits per heavy atom. The Morgan fingerprint density at radius 1 is 1.44 bits per heavy atom. The molecule has 1 unspecified atom stereocenters. The second-order valence-electron chi connectivity index (χ2n) is 7.32. The number of nitrogens with two attached hydrogens (primary N) is 3. The Labute approximate surface area is 183 Å². The number of aliphatic carboxylic acids is 1. The molecule has 10 N–H and O–H groups in total. The number of ether oxygens (including phenoxy) is 1. The molecule has 32 heavy (non-hydrogen) atoms. The van der Waals surface area contributed by atoms with E-state index in [1.807, 2.05) is 0 Å². The number of aliphatic hydroxyl groups excluding tert-OH is 1. The molecule has 1 aromatic rings. The van der Waals surface area contributed by atoms with Crippen molar-refractivity contribution in [2.75, 3.05) is 19.3 Å². The molecule has 0 fully saturated rings. The lowest BCUT2D eigenvalue weighted by molar-refractivity contribution is -0.159. The van der Waals surface area contributed by atoms with Crippen LogP contribution in [-0.2, 0) is 20.9 Å². The maximum absolute atomic E-state index is 12.3. The average Bonchev–Trinajstić information content (AvgIpc) is 2.72. The molecule has 2 rings (SSSR count). The predicted molar refractivity (Wildman–Crippen MR) is 113 cm³/mol. The van der Waals surface area contributed by atoms with Gasteiger partial charge in [-0.15, -0.1) is 0 Å². The summed E-state index contributed by atoms with van der Waals surface area (Å²) in [5, 5.41) is 28.7. The molecule has 2 heterocycles. The van der Waals surface area contributed by atoms with Gasteiger partial charge in [-0.3, -0.25) is 14.8 Å². The topological polar surface area (TPSA) is 236 Å². The zero-order valence-corrected chi connectivity index (χ0v) is 17.5. The number of aromatic nitrogens is 2. The van der Waals surface area contributed by atoms with Crippen molar-refractivity contribution in [1.29, 1.82) is 5.41 Å². The van der Waals surface area contributed by atoms with Crippen LogP contribution in [0.2, 0.25) is 0 Å². The van der Waals surface area contributed by atoms with Crippen molar-refractivity contribution in [2.24, 2.45) is 11.5 Å². The van der Waals surface area contributed by atoms with Crippen LogP contribution in [0.1, 0.15) is 24.6 Å². The van der Waals surface area contributed by atoms with Crippen LogP contribution in [0.25, 0.3) is 0 Å². The lowest BCUT2D eigenvalue weighted by atomic mass is 10.1. The van der Waals surface area contributed by atoms with Crippen molar-refractivity contribution in [3.63, 3.8) is 0 Å². The van der Waals surface area contributed by atoms with Crippen LogP contribution in [0.5, 0.6) is 0 Å². The van der Waals surface area contributed by atoms with Crippen LogP contribution in [0, 0.1) is 5.41 Å². The molecule has 0 saturated heterocycles. The monoisotopic (exact) mass is 452 g/mol. The van der Waals surface area contributed by atoms with Crippen molar-refractivity contribution in [3.05, 3.63) is 34.4 Å². The van der Waals surface area contributed by atoms with Gasteiger partial charge in [0.2, 0.25) is 5.91 Å². The van der Waals surface area contributed by atoms with E-state index in [-0.39, 0.29) is 23.8 Å². The number of carbonyl (C=O) groups excluding carboxylic acids is 1. The number of carbonyl (C=O) groups is 2. The number of rotatable bonds is 9. The highest BCUT2D eigenvalue weighted by Gasteiger charge is 2.35. The van der Waals surface area contributed by atoms with E-state index in [9.17, 15) is 24.6 Å². The minimum absolute atomic E-state index is 0.0763. The van der Waals surface area contributed by atoms with Crippen molar-refractivity contribution in [2.45, 2.75) is 43.9 Å². The Bertz CT molecular complexity index is 948. The lowest BCUT2D eigenvalue weighted by Gasteiger charge is -2.31. The smallest absolute Gasteiger partial charge is 0.351 e. The van der Waals surface area contributed by atoms with Gasteiger partial charge in [0.05, 0.1) is 12.6 Å². The minimum Gasteiger partial charge on any atom is -0.479 e. The predicted octanol–water partition coefficient (Wildman–Crippen LogP) is -2.73. The summed E-state index contributed by atoms with van der Waals surface area (Å²) in [6.07, 6.45) is 1.73. The third-order valence-corrected chi connectivity index (χ3v) is 4.87. The molecule has 0 aliphatic carbocycles. The number of amides is 1. The van der Waals surface area contributed by atoms with Gasteiger partial charge in [0.15, 0.2) is 18.3 Å². The highest BCUT2D eigenvalue weighted by molar-refractivity contribution is 5.80. The van der Waals surface area contributed by atoms with Gasteiger partial charge >= 0.3 is 11.7 Å². The van der Waals surface area contributed by atoms with E-state index in [2.05, 4.69) is 10.3 Å². The molecular formula is C18H28N8O6. The second-order valence-corrected chi connectivity index (χ2v) is 7.32. The van der Waals surface area contributed by atoms with E-state index in [1.54, 1.807) is 7.05 Å². The van der Waals surface area contributed by atoms with Crippen LogP contribution in [0.15, 0.2) is 23.1 Å². The van der Waals surface area contributed by atoms with Gasteiger partial charge in [0, 0.05) is 37.8 Å². The van der Waals surface area contributed by atoms with Gasteiger partial charge in [-0.05, 0) is 12.5 Å². The molecule has 1 aromatic heterocycles. The Hall–Kier alpha value is -3.49. The molecular weight excluding hydrogens is 424 g/mol. The van der Waals surface area contributed by atoms with Gasteiger partial charge in [0.25, 0.3) is 0 Å². The Balaban J connectivity index is 2.07. The highest BCUT2D eigenvalue weighted by atomic mass is 16.5. The summed E-state index contributed by atoms with van der Waals surface area (Å²) in [7, 11) is 1.62. The molecule has 0 saturated carbocycles. The van der Waals surface area contributed by atoms with Crippen molar-refractivity contribution >= 4 is 23.7 Å². The molecule has 0 aromatic carbocycles. The van der Waals surface area contributed by atoms with Crippen molar-refractivity contribution < 1.29 is 24.5 Å². The van der Waals surface area contributed by atoms with Crippen LogP contribution in [0.4, 0.5) is 5.82 Å². The number of nitrogens with zero attached hydrogens (tertiary/aromatic N) is 3. The van der Waals surface area contributed by atoms with Crippen molar-refractivity contribution in [1.82, 2.24) is 19.8 Å². The number of aliphatic hydroxyl groups is 1. The first-order valence-corrected chi connectivity index (χ1v) is 9.68. The molecule has 0 spiro atoms. The first-order chi connectivity index (χ1) is 15.0. The average molecular weight is 452 g/mol. The quantitative estimate of drug-likeness (QED) is 0.115. The first kappa shape index (κ1) is 24.8. The second kappa shape index (κ2) is 10.7. The molecule has 0 radical (unpaired) electrons. The number of guanidine groups is 1. The molecule has 0 bridgehead atoms. The van der Waals surface area contributed by atoms with Crippen LogP contribution in [-0.4, -0.2) is 74.3 Å². The summed E-state index contributed by atoms with van der Waals surface area (Å²) >= 11 is 0.